The molecule has 8 nitrogen and oxygen atoms in total. The summed E-state index contributed by atoms with van der Waals surface area (Å²) in [6.07, 6.45) is 2.97. The first-order valence-electron chi connectivity index (χ1n) is 11.9. The average Bonchev–Trinajstić information content (AvgIpc) is 3.33. The van der Waals surface area contributed by atoms with Crippen molar-refractivity contribution in [3.63, 3.8) is 0 Å². The molecule has 2 aromatic carbocycles. The number of hydrogen-bond acceptors (Lipinski definition) is 6. The minimum absolute atomic E-state index is 0.0609. The van der Waals surface area contributed by atoms with Crippen LogP contribution in [-0.2, 0) is 6.42 Å². The number of aromatic amines is 1. The summed E-state index contributed by atoms with van der Waals surface area (Å²) in [5.41, 5.74) is 1.13. The third kappa shape index (κ3) is 7.33. The van der Waals surface area contributed by atoms with Gasteiger partial charge >= 0.3 is 0 Å². The molecule has 0 aliphatic heterocycles. The van der Waals surface area contributed by atoms with Gasteiger partial charge in [-0.2, -0.15) is 0 Å². The van der Waals surface area contributed by atoms with Crippen LogP contribution >= 0.6 is 11.6 Å². The number of nitrogens with zero attached hydrogens (tertiary/aromatic N) is 3. The number of nitrogens with one attached hydrogen (secondary N) is 2. The van der Waals surface area contributed by atoms with Gasteiger partial charge in [-0.05, 0) is 80.3 Å². The van der Waals surface area contributed by atoms with Gasteiger partial charge in [0.05, 0.1) is 12.2 Å². The molecule has 0 aliphatic carbocycles. The molecular formula is C27H26ClF2N5O3. The highest BCUT2D eigenvalue weighted by atomic mass is 35.5. The van der Waals surface area contributed by atoms with Crippen LogP contribution in [-0.4, -0.2) is 43.4 Å². The number of aliphatic hydroxyl groups is 1. The van der Waals surface area contributed by atoms with E-state index in [-0.39, 0.29) is 18.1 Å². The zero-order chi connectivity index (χ0) is 27.3. The minimum Gasteiger partial charge on any atom is -0.494 e. The second-order valence-electron chi connectivity index (χ2n) is 9.34. The van der Waals surface area contributed by atoms with Gasteiger partial charge in [-0.15, -0.1) is 10.2 Å². The highest BCUT2D eigenvalue weighted by Crippen LogP contribution is 2.32. The van der Waals surface area contributed by atoms with Crippen LogP contribution in [0.1, 0.15) is 48.7 Å². The van der Waals surface area contributed by atoms with Crippen molar-refractivity contribution >= 4 is 23.3 Å². The van der Waals surface area contributed by atoms with Crippen LogP contribution in [0.2, 0.25) is 5.02 Å². The number of pyridine rings is 1. The Balaban J connectivity index is 1.42. The standard InChI is InChI=1S/C27H26ClF2N5O3/c1-27(2,37)9-3-11-38-18-5-6-20(28)19(15-18)17-8-10-31-23(14-17)33-26(36)25-32-24(34-35-25)13-16-4-7-21(29)22(30)12-16/h4-8,10,12,14-15,37H,3,9,11,13H2,1-2H3,(H,31,33,36)(H,32,34,35). The van der Waals surface area contributed by atoms with Crippen molar-refractivity contribution in [2.24, 2.45) is 0 Å². The van der Waals surface area contributed by atoms with Gasteiger partial charge in [-0.25, -0.2) is 13.8 Å². The Morgan fingerprint density at radius 1 is 1.11 bits per heavy atom. The Labute approximate surface area is 223 Å². The maximum atomic E-state index is 13.5. The number of hydrogen-bond donors (Lipinski definition) is 3. The Bertz CT molecular complexity index is 1440. The number of halogens is 3. The van der Waals surface area contributed by atoms with Crippen molar-refractivity contribution in [3.05, 3.63) is 88.6 Å². The van der Waals surface area contributed by atoms with E-state index in [9.17, 15) is 18.7 Å². The van der Waals surface area contributed by atoms with Gasteiger partial charge in [0.25, 0.3) is 5.91 Å². The predicted octanol–water partition coefficient (Wildman–Crippen LogP) is 5.57. The van der Waals surface area contributed by atoms with Gasteiger partial charge in [0.2, 0.25) is 5.82 Å². The van der Waals surface area contributed by atoms with E-state index in [0.717, 1.165) is 12.1 Å². The van der Waals surface area contributed by atoms with Crippen LogP contribution in [0.25, 0.3) is 11.1 Å². The Morgan fingerprint density at radius 3 is 2.68 bits per heavy atom. The highest BCUT2D eigenvalue weighted by molar-refractivity contribution is 6.33. The summed E-state index contributed by atoms with van der Waals surface area (Å²) in [7, 11) is 0. The fourth-order valence-corrected chi connectivity index (χ4v) is 3.90. The highest BCUT2D eigenvalue weighted by Gasteiger charge is 2.15. The van der Waals surface area contributed by atoms with Gasteiger partial charge in [0.15, 0.2) is 11.6 Å². The minimum atomic E-state index is -0.964. The fraction of sp³-hybridized carbons (Fsp3) is 0.259. The number of anilines is 1. The van der Waals surface area contributed by atoms with Crippen molar-refractivity contribution in [2.75, 3.05) is 11.9 Å². The third-order valence-corrected chi connectivity index (χ3v) is 5.89. The van der Waals surface area contributed by atoms with Crippen LogP contribution in [0.5, 0.6) is 5.75 Å². The molecule has 2 heterocycles. The lowest BCUT2D eigenvalue weighted by atomic mass is 10.0. The smallest absolute Gasteiger partial charge is 0.294 e. The van der Waals surface area contributed by atoms with Gasteiger partial charge in [-0.1, -0.05) is 17.7 Å². The van der Waals surface area contributed by atoms with Crippen LogP contribution in [0.15, 0.2) is 54.7 Å². The number of benzene rings is 2. The zero-order valence-electron chi connectivity index (χ0n) is 20.8. The van der Waals surface area contributed by atoms with Gasteiger partial charge in [0, 0.05) is 23.2 Å². The van der Waals surface area contributed by atoms with Crippen LogP contribution in [0.3, 0.4) is 0 Å². The van der Waals surface area contributed by atoms with Crippen LogP contribution < -0.4 is 10.1 Å². The number of ether oxygens (including phenoxy) is 1. The Kier molecular flexibility index (Phi) is 8.33. The fourth-order valence-electron chi connectivity index (χ4n) is 3.67. The number of carbonyl (C=O) groups excluding carboxylic acids is 1. The summed E-state index contributed by atoms with van der Waals surface area (Å²) in [6, 6.07) is 12.2. The molecule has 38 heavy (non-hydrogen) atoms. The summed E-state index contributed by atoms with van der Waals surface area (Å²) in [4.78, 5) is 19.7. The SMILES string of the molecule is CC(C)(O)CCCOc1ccc(Cl)c(-c2ccnc(NC(=O)c3nnc(Cc4ccc(F)c(F)c4)[nH]3)c2)c1. The molecule has 0 radical (unpaired) electrons. The number of aromatic nitrogens is 4. The molecule has 0 fully saturated rings. The zero-order valence-corrected chi connectivity index (χ0v) is 21.5. The van der Waals surface area contributed by atoms with Crippen molar-refractivity contribution in [1.82, 2.24) is 20.2 Å². The van der Waals surface area contributed by atoms with Crippen LogP contribution in [0, 0.1) is 11.6 Å². The molecule has 0 spiro atoms. The molecule has 4 rings (SSSR count). The summed E-state index contributed by atoms with van der Waals surface area (Å²) in [5, 5.41) is 20.7. The summed E-state index contributed by atoms with van der Waals surface area (Å²) < 4.78 is 32.4. The van der Waals surface area contributed by atoms with E-state index >= 15 is 0 Å². The first kappa shape index (κ1) is 27.2. The first-order chi connectivity index (χ1) is 18.1. The molecule has 4 aromatic rings. The lowest BCUT2D eigenvalue weighted by molar-refractivity contribution is 0.0641. The molecule has 3 N–H and O–H groups in total. The van der Waals surface area contributed by atoms with E-state index in [1.54, 1.807) is 44.2 Å². The topological polar surface area (TPSA) is 113 Å². The third-order valence-electron chi connectivity index (χ3n) is 5.56. The summed E-state index contributed by atoms with van der Waals surface area (Å²) in [5.74, 6) is -1.34. The van der Waals surface area contributed by atoms with E-state index in [0.29, 0.717) is 52.7 Å². The van der Waals surface area contributed by atoms with Crippen LogP contribution in [0.4, 0.5) is 14.6 Å². The van der Waals surface area contributed by atoms with E-state index in [1.165, 1.54) is 12.3 Å². The summed E-state index contributed by atoms with van der Waals surface area (Å²) >= 11 is 6.43. The largest absolute Gasteiger partial charge is 0.494 e. The molecular weight excluding hydrogens is 516 g/mol. The van der Waals surface area contributed by atoms with E-state index in [1.807, 2.05) is 0 Å². The maximum Gasteiger partial charge on any atom is 0.294 e. The van der Waals surface area contributed by atoms with Crippen molar-refractivity contribution in [2.45, 2.75) is 38.7 Å². The predicted molar refractivity (Wildman–Crippen MR) is 139 cm³/mol. The number of rotatable bonds is 10. The van der Waals surface area contributed by atoms with Crippen molar-refractivity contribution in [1.29, 1.82) is 0 Å². The molecule has 2 aromatic heterocycles. The molecule has 1 amide bonds. The van der Waals surface area contributed by atoms with Crippen molar-refractivity contribution in [3.8, 4) is 16.9 Å². The van der Waals surface area contributed by atoms with E-state index < -0.39 is 23.1 Å². The Morgan fingerprint density at radius 2 is 1.92 bits per heavy atom. The molecule has 0 aliphatic rings. The summed E-state index contributed by atoms with van der Waals surface area (Å²) in [6.45, 7) is 3.95. The molecule has 0 saturated heterocycles. The molecule has 198 valence electrons. The van der Waals surface area contributed by atoms with E-state index in [2.05, 4.69) is 25.5 Å². The van der Waals surface area contributed by atoms with Gasteiger partial charge in [-0.3, -0.25) is 4.79 Å². The van der Waals surface area contributed by atoms with Gasteiger partial charge in [0.1, 0.15) is 17.4 Å². The lowest BCUT2D eigenvalue weighted by Gasteiger charge is -2.17. The molecule has 0 bridgehead atoms. The van der Waals surface area contributed by atoms with Crippen molar-refractivity contribution < 1.29 is 23.4 Å². The number of H-pyrrole nitrogens is 1. The molecule has 0 atom stereocenters. The quantitative estimate of drug-likeness (QED) is 0.226. The number of carbonyl (C=O) groups is 1. The second-order valence-corrected chi connectivity index (χ2v) is 9.74. The lowest BCUT2D eigenvalue weighted by Crippen LogP contribution is -2.19. The molecule has 11 heteroatoms. The monoisotopic (exact) mass is 541 g/mol. The van der Waals surface area contributed by atoms with E-state index in [4.69, 9.17) is 16.3 Å². The second kappa shape index (κ2) is 11.7. The molecule has 0 unspecified atom stereocenters. The first-order valence-corrected chi connectivity index (χ1v) is 12.2. The van der Waals surface area contributed by atoms with Gasteiger partial charge < -0.3 is 20.1 Å². The Hall–Kier alpha value is -3.89. The normalized spacial score (nSPS) is 11.4. The number of amides is 1. The average molecular weight is 542 g/mol. The maximum absolute atomic E-state index is 13.5. The molecule has 0 saturated carbocycles.